The van der Waals surface area contributed by atoms with Gasteiger partial charge in [0.05, 0.1) is 0 Å². The molecule has 0 aliphatic rings. The number of carbonyl (C=O) groups excluding carboxylic acids is 1. The Balaban J connectivity index is 2.31. The van der Waals surface area contributed by atoms with E-state index in [2.05, 4.69) is 15.5 Å². The topological polar surface area (TPSA) is 68.0 Å². The van der Waals surface area contributed by atoms with Gasteiger partial charge in [-0.1, -0.05) is 16.8 Å². The van der Waals surface area contributed by atoms with E-state index in [1.165, 1.54) is 7.05 Å². The van der Waals surface area contributed by atoms with Crippen LogP contribution >= 0.6 is 11.6 Å². The molecule has 0 fully saturated rings. The van der Waals surface area contributed by atoms with Crippen molar-refractivity contribution in [2.45, 2.75) is 0 Å². The van der Waals surface area contributed by atoms with Gasteiger partial charge in [-0.2, -0.15) is 0 Å². The molecule has 0 radical (unpaired) electrons. The van der Waals surface area contributed by atoms with Gasteiger partial charge in [0.1, 0.15) is 10.8 Å². The molecule has 0 saturated carbocycles. The third-order valence-corrected chi connectivity index (χ3v) is 2.21. The molecule has 0 bridgehead atoms. The zero-order chi connectivity index (χ0) is 11.5. The van der Waals surface area contributed by atoms with E-state index in [9.17, 15) is 4.79 Å². The van der Waals surface area contributed by atoms with Crippen molar-refractivity contribution >= 4 is 17.5 Å². The summed E-state index contributed by atoms with van der Waals surface area (Å²) in [7, 11) is 1.52. The Bertz CT molecular complexity index is 507. The largest absolute Gasteiger partial charge is 0.352 e. The molecule has 0 saturated heterocycles. The first-order chi connectivity index (χ1) is 7.70. The van der Waals surface area contributed by atoms with E-state index in [-0.39, 0.29) is 11.7 Å². The van der Waals surface area contributed by atoms with Crippen LogP contribution in [-0.4, -0.2) is 23.1 Å². The van der Waals surface area contributed by atoms with Gasteiger partial charge in [0.15, 0.2) is 0 Å². The fraction of sp³-hybridized carbons (Fsp3) is 0.100. The van der Waals surface area contributed by atoms with Crippen LogP contribution in [0.25, 0.3) is 11.3 Å². The summed E-state index contributed by atoms with van der Waals surface area (Å²) in [6.07, 6.45) is 1.56. The van der Waals surface area contributed by atoms with Gasteiger partial charge in [-0.15, -0.1) is 0 Å². The van der Waals surface area contributed by atoms with Crippen molar-refractivity contribution in [3.63, 3.8) is 0 Å². The number of hydrogen-bond donors (Lipinski definition) is 1. The van der Waals surface area contributed by atoms with Crippen LogP contribution in [0.3, 0.4) is 0 Å². The van der Waals surface area contributed by atoms with Crippen molar-refractivity contribution in [2.75, 3.05) is 7.05 Å². The molecule has 1 amide bonds. The Morgan fingerprint density at radius 2 is 2.31 bits per heavy atom. The van der Waals surface area contributed by atoms with Crippen molar-refractivity contribution in [3.05, 3.63) is 35.3 Å². The zero-order valence-corrected chi connectivity index (χ0v) is 9.15. The van der Waals surface area contributed by atoms with Crippen LogP contribution in [0.4, 0.5) is 0 Å². The number of nitrogens with one attached hydrogen (secondary N) is 1. The minimum Gasteiger partial charge on any atom is -0.352 e. The molecule has 0 unspecified atom stereocenters. The molecule has 2 rings (SSSR count). The lowest BCUT2D eigenvalue weighted by molar-refractivity contribution is 0.0926. The van der Waals surface area contributed by atoms with E-state index >= 15 is 0 Å². The summed E-state index contributed by atoms with van der Waals surface area (Å²) in [4.78, 5) is 15.1. The second-order valence-electron chi connectivity index (χ2n) is 3.03. The van der Waals surface area contributed by atoms with Crippen molar-refractivity contribution in [2.24, 2.45) is 0 Å². The van der Waals surface area contributed by atoms with Crippen LogP contribution < -0.4 is 5.32 Å². The SMILES string of the molecule is CNC(=O)c1cc(-c2ccc(Cl)nc2)no1. The van der Waals surface area contributed by atoms with Crippen molar-refractivity contribution in [1.82, 2.24) is 15.5 Å². The highest BCUT2D eigenvalue weighted by molar-refractivity contribution is 6.29. The zero-order valence-electron chi connectivity index (χ0n) is 8.40. The fourth-order valence-electron chi connectivity index (χ4n) is 1.17. The van der Waals surface area contributed by atoms with Gasteiger partial charge in [0.25, 0.3) is 5.91 Å². The third-order valence-electron chi connectivity index (χ3n) is 1.98. The smallest absolute Gasteiger partial charge is 0.289 e. The van der Waals surface area contributed by atoms with Crippen molar-refractivity contribution in [3.8, 4) is 11.3 Å². The number of carbonyl (C=O) groups is 1. The van der Waals surface area contributed by atoms with Gasteiger partial charge < -0.3 is 9.84 Å². The number of aromatic nitrogens is 2. The van der Waals surface area contributed by atoms with E-state index in [4.69, 9.17) is 16.1 Å². The van der Waals surface area contributed by atoms with E-state index < -0.39 is 0 Å². The summed E-state index contributed by atoms with van der Waals surface area (Å²) < 4.78 is 4.88. The minimum absolute atomic E-state index is 0.160. The molecule has 16 heavy (non-hydrogen) atoms. The number of nitrogens with zero attached hydrogens (tertiary/aromatic N) is 2. The van der Waals surface area contributed by atoms with Crippen LogP contribution in [0.1, 0.15) is 10.6 Å². The van der Waals surface area contributed by atoms with Gasteiger partial charge in [0, 0.05) is 24.9 Å². The van der Waals surface area contributed by atoms with Gasteiger partial charge in [-0.05, 0) is 12.1 Å². The first-order valence-electron chi connectivity index (χ1n) is 4.51. The van der Waals surface area contributed by atoms with E-state index in [1.807, 2.05) is 0 Å². The average Bonchev–Trinajstić information content (AvgIpc) is 2.78. The maximum Gasteiger partial charge on any atom is 0.289 e. The Kier molecular flexibility index (Phi) is 2.87. The highest BCUT2D eigenvalue weighted by Crippen LogP contribution is 2.19. The highest BCUT2D eigenvalue weighted by atomic mass is 35.5. The molecule has 2 aromatic heterocycles. The standard InChI is InChI=1S/C10H8ClN3O2/c1-12-10(15)8-4-7(14-16-8)6-2-3-9(11)13-5-6/h2-5H,1H3,(H,12,15). The monoisotopic (exact) mass is 237 g/mol. The summed E-state index contributed by atoms with van der Waals surface area (Å²) in [5.74, 6) is -0.159. The number of amides is 1. The average molecular weight is 238 g/mol. The predicted molar refractivity (Wildman–Crippen MR) is 58.1 cm³/mol. The molecule has 0 aliphatic heterocycles. The van der Waals surface area contributed by atoms with Gasteiger partial charge in [-0.25, -0.2) is 4.98 Å². The first-order valence-corrected chi connectivity index (χ1v) is 4.89. The molecular formula is C10H8ClN3O2. The summed E-state index contributed by atoms with van der Waals surface area (Å²) >= 11 is 5.66. The van der Waals surface area contributed by atoms with Crippen molar-refractivity contribution < 1.29 is 9.32 Å². The van der Waals surface area contributed by atoms with E-state index in [0.717, 1.165) is 5.56 Å². The fourth-order valence-corrected chi connectivity index (χ4v) is 1.28. The molecule has 1 N–H and O–H groups in total. The molecule has 2 heterocycles. The Hall–Kier alpha value is -1.88. The highest BCUT2D eigenvalue weighted by Gasteiger charge is 2.12. The molecule has 2 aromatic rings. The van der Waals surface area contributed by atoms with Gasteiger partial charge in [-0.3, -0.25) is 4.79 Å². The van der Waals surface area contributed by atoms with Crippen LogP contribution in [0, 0.1) is 0 Å². The molecule has 6 heteroatoms. The number of rotatable bonds is 2. The number of hydrogen-bond acceptors (Lipinski definition) is 4. The lowest BCUT2D eigenvalue weighted by atomic mass is 10.2. The molecule has 0 spiro atoms. The van der Waals surface area contributed by atoms with Crippen LogP contribution in [0.5, 0.6) is 0 Å². The molecule has 5 nitrogen and oxygen atoms in total. The quantitative estimate of drug-likeness (QED) is 0.808. The lowest BCUT2D eigenvalue weighted by Crippen LogP contribution is -2.16. The van der Waals surface area contributed by atoms with Gasteiger partial charge >= 0.3 is 0 Å². The Labute approximate surface area is 96.4 Å². The lowest BCUT2D eigenvalue weighted by Gasteiger charge is -1.93. The second-order valence-corrected chi connectivity index (χ2v) is 3.41. The van der Waals surface area contributed by atoms with Gasteiger partial charge in [0.2, 0.25) is 5.76 Å². The van der Waals surface area contributed by atoms with E-state index in [0.29, 0.717) is 10.8 Å². The van der Waals surface area contributed by atoms with E-state index in [1.54, 1.807) is 24.4 Å². The third kappa shape index (κ3) is 2.04. The summed E-state index contributed by atoms with van der Waals surface area (Å²) in [6.45, 7) is 0. The maximum atomic E-state index is 11.2. The molecule has 0 aliphatic carbocycles. The second kappa shape index (κ2) is 4.32. The van der Waals surface area contributed by atoms with Crippen LogP contribution in [0.2, 0.25) is 5.15 Å². The number of halogens is 1. The Morgan fingerprint density at radius 3 is 2.94 bits per heavy atom. The minimum atomic E-state index is -0.319. The first kappa shape index (κ1) is 10.6. The summed E-state index contributed by atoms with van der Waals surface area (Å²) in [5, 5.41) is 6.61. The summed E-state index contributed by atoms with van der Waals surface area (Å²) in [5.41, 5.74) is 1.28. The molecule has 0 aromatic carbocycles. The predicted octanol–water partition coefficient (Wildman–Crippen LogP) is 1.75. The summed E-state index contributed by atoms with van der Waals surface area (Å²) in [6, 6.07) is 4.94. The molecule has 82 valence electrons. The number of pyridine rings is 1. The Morgan fingerprint density at radius 1 is 1.50 bits per heavy atom. The van der Waals surface area contributed by atoms with Crippen LogP contribution in [-0.2, 0) is 0 Å². The normalized spacial score (nSPS) is 10.1. The molecular weight excluding hydrogens is 230 g/mol. The van der Waals surface area contributed by atoms with Crippen molar-refractivity contribution in [1.29, 1.82) is 0 Å². The molecule has 0 atom stereocenters. The maximum absolute atomic E-state index is 11.2. The van der Waals surface area contributed by atoms with Crippen LogP contribution in [0.15, 0.2) is 28.9 Å².